The summed E-state index contributed by atoms with van der Waals surface area (Å²) in [6.45, 7) is 4.33. The van der Waals surface area contributed by atoms with Crippen molar-refractivity contribution >= 4 is 27.1 Å². The van der Waals surface area contributed by atoms with Gasteiger partial charge in [0.1, 0.15) is 10.8 Å². The largest absolute Gasteiger partial charge is 0.369 e. The Kier molecular flexibility index (Phi) is 5.44. The van der Waals surface area contributed by atoms with Crippen LogP contribution in [-0.2, 0) is 6.54 Å². The van der Waals surface area contributed by atoms with Crippen molar-refractivity contribution in [3.05, 3.63) is 88.6 Å². The Labute approximate surface area is 183 Å². The van der Waals surface area contributed by atoms with E-state index in [0.29, 0.717) is 10.4 Å². The van der Waals surface area contributed by atoms with E-state index in [1.165, 1.54) is 23.5 Å². The lowest BCUT2D eigenvalue weighted by atomic mass is 10.2. The van der Waals surface area contributed by atoms with Crippen LogP contribution in [-0.4, -0.2) is 41.0 Å². The summed E-state index contributed by atoms with van der Waals surface area (Å²) in [7, 11) is 0. The maximum absolute atomic E-state index is 13.2. The summed E-state index contributed by atoms with van der Waals surface area (Å²) in [5, 5.41) is 1.29. The Balaban J connectivity index is 1.29. The molecule has 0 atom stereocenters. The van der Waals surface area contributed by atoms with E-state index in [2.05, 4.69) is 14.8 Å². The van der Waals surface area contributed by atoms with Gasteiger partial charge in [-0.15, -0.1) is 11.3 Å². The summed E-state index contributed by atoms with van der Waals surface area (Å²) in [6.07, 6.45) is 0. The molecule has 4 aromatic rings. The van der Waals surface area contributed by atoms with Crippen molar-refractivity contribution in [1.29, 1.82) is 0 Å². The van der Waals surface area contributed by atoms with Gasteiger partial charge in [0.15, 0.2) is 0 Å². The van der Waals surface area contributed by atoms with Gasteiger partial charge in [0.2, 0.25) is 0 Å². The van der Waals surface area contributed by atoms with Gasteiger partial charge < -0.3 is 4.90 Å². The van der Waals surface area contributed by atoms with E-state index in [4.69, 9.17) is 4.98 Å². The number of aromatic nitrogens is 2. The van der Waals surface area contributed by atoms with Crippen LogP contribution in [0.25, 0.3) is 20.8 Å². The minimum absolute atomic E-state index is 0.209. The number of hydrogen-bond donors (Lipinski definition) is 0. The lowest BCUT2D eigenvalue weighted by molar-refractivity contribution is 0.247. The Morgan fingerprint density at radius 1 is 0.871 bits per heavy atom. The fraction of sp³-hybridized carbons (Fsp3) is 0.208. The van der Waals surface area contributed by atoms with Crippen molar-refractivity contribution < 1.29 is 4.39 Å². The van der Waals surface area contributed by atoms with E-state index in [1.54, 1.807) is 6.07 Å². The molecular formula is C24H21FN4OS. The number of rotatable bonds is 4. The standard InChI is InChI=1S/C24H21FN4OS/c25-17-8-10-19(11-9-17)29-14-12-28(13-15-29)16-18-4-3-6-21(26-18)24-27-23(30)20-5-1-2-7-22(20)31-24/h1-11H,12-16H2. The normalized spacial score (nSPS) is 14.8. The average molecular weight is 433 g/mol. The van der Waals surface area contributed by atoms with Gasteiger partial charge in [-0.3, -0.25) is 9.69 Å². The average Bonchev–Trinajstić information content (AvgIpc) is 2.80. The van der Waals surface area contributed by atoms with Gasteiger partial charge in [-0.05, 0) is 48.5 Å². The predicted molar refractivity (Wildman–Crippen MR) is 123 cm³/mol. The van der Waals surface area contributed by atoms with E-state index < -0.39 is 0 Å². The molecule has 0 bridgehead atoms. The van der Waals surface area contributed by atoms with Gasteiger partial charge in [0.25, 0.3) is 5.56 Å². The number of piperazine rings is 1. The number of hydrogen-bond acceptors (Lipinski definition) is 6. The van der Waals surface area contributed by atoms with Crippen LogP contribution in [0.4, 0.5) is 10.1 Å². The minimum Gasteiger partial charge on any atom is -0.369 e. The van der Waals surface area contributed by atoms with Crippen LogP contribution in [0.15, 0.2) is 71.5 Å². The first kappa shape index (κ1) is 19.8. The van der Waals surface area contributed by atoms with Gasteiger partial charge in [-0.1, -0.05) is 18.2 Å². The van der Waals surface area contributed by atoms with Crippen LogP contribution < -0.4 is 10.5 Å². The van der Waals surface area contributed by atoms with Gasteiger partial charge >= 0.3 is 0 Å². The quantitative estimate of drug-likeness (QED) is 0.484. The molecule has 1 fully saturated rings. The third-order valence-corrected chi connectivity index (χ3v) is 6.57. The highest BCUT2D eigenvalue weighted by atomic mass is 32.1. The first-order valence-corrected chi connectivity index (χ1v) is 11.1. The predicted octanol–water partition coefficient (Wildman–Crippen LogP) is 4.18. The molecule has 5 nitrogen and oxygen atoms in total. The number of anilines is 1. The zero-order valence-corrected chi connectivity index (χ0v) is 17.7. The topological polar surface area (TPSA) is 49.3 Å². The molecule has 0 aliphatic carbocycles. The second-order valence-corrected chi connectivity index (χ2v) is 8.60. The number of benzene rings is 2. The summed E-state index contributed by atoms with van der Waals surface area (Å²) < 4.78 is 14.1. The van der Waals surface area contributed by atoms with Gasteiger partial charge in [-0.25, -0.2) is 9.37 Å². The molecule has 0 amide bonds. The number of nitrogens with zero attached hydrogens (tertiary/aromatic N) is 4. The van der Waals surface area contributed by atoms with Crippen molar-refractivity contribution in [3.63, 3.8) is 0 Å². The van der Waals surface area contributed by atoms with Crippen molar-refractivity contribution in [3.8, 4) is 10.7 Å². The van der Waals surface area contributed by atoms with Gasteiger partial charge in [0, 0.05) is 43.1 Å². The highest BCUT2D eigenvalue weighted by Crippen LogP contribution is 2.25. The smallest absolute Gasteiger partial charge is 0.279 e. The van der Waals surface area contributed by atoms with E-state index >= 15 is 0 Å². The number of fused-ring (bicyclic) bond motifs is 1. The van der Waals surface area contributed by atoms with Crippen LogP contribution in [0, 0.1) is 5.82 Å². The lowest BCUT2D eigenvalue weighted by Gasteiger charge is -2.36. The van der Waals surface area contributed by atoms with Crippen LogP contribution in [0.5, 0.6) is 0 Å². The fourth-order valence-corrected chi connectivity index (χ4v) is 4.82. The number of pyridine rings is 1. The Morgan fingerprint density at radius 2 is 1.65 bits per heavy atom. The second-order valence-electron chi connectivity index (χ2n) is 7.57. The highest BCUT2D eigenvalue weighted by Gasteiger charge is 2.18. The van der Waals surface area contributed by atoms with Gasteiger partial charge in [0.05, 0.1) is 16.8 Å². The molecule has 156 valence electrons. The summed E-state index contributed by atoms with van der Waals surface area (Å²) in [6, 6.07) is 20.1. The molecule has 1 aliphatic heterocycles. The molecule has 0 saturated carbocycles. The molecule has 7 heteroatoms. The molecule has 0 spiro atoms. The van der Waals surface area contributed by atoms with Gasteiger partial charge in [-0.2, -0.15) is 4.98 Å². The molecule has 0 N–H and O–H groups in total. The zero-order valence-electron chi connectivity index (χ0n) is 16.9. The Hall–Kier alpha value is -3.16. The summed E-state index contributed by atoms with van der Waals surface area (Å²) >= 11 is 1.49. The Bertz CT molecular complexity index is 1270. The molecule has 3 heterocycles. The number of halogens is 1. The first-order chi connectivity index (χ1) is 15.2. The lowest BCUT2D eigenvalue weighted by Crippen LogP contribution is -2.46. The summed E-state index contributed by atoms with van der Waals surface area (Å²) in [5.41, 5.74) is 2.53. The maximum Gasteiger partial charge on any atom is 0.279 e. The molecule has 5 rings (SSSR count). The third kappa shape index (κ3) is 4.33. The van der Waals surface area contributed by atoms with Crippen molar-refractivity contribution in [2.75, 3.05) is 31.1 Å². The zero-order chi connectivity index (χ0) is 21.2. The molecular weight excluding hydrogens is 411 g/mol. The van der Waals surface area contributed by atoms with E-state index in [9.17, 15) is 9.18 Å². The monoisotopic (exact) mass is 432 g/mol. The SMILES string of the molecule is O=c1nc(-c2cccc(CN3CCN(c4ccc(F)cc4)CC3)n2)sc2ccccc12. The first-order valence-electron chi connectivity index (χ1n) is 10.2. The van der Waals surface area contributed by atoms with Crippen molar-refractivity contribution in [1.82, 2.24) is 14.9 Å². The van der Waals surface area contributed by atoms with Crippen LogP contribution >= 0.6 is 11.3 Å². The molecule has 1 saturated heterocycles. The fourth-order valence-electron chi connectivity index (χ4n) is 3.85. The molecule has 0 unspecified atom stereocenters. The minimum atomic E-state index is -0.214. The van der Waals surface area contributed by atoms with Crippen LogP contribution in [0.3, 0.4) is 0 Å². The third-order valence-electron chi connectivity index (χ3n) is 5.50. The van der Waals surface area contributed by atoms with Crippen LogP contribution in [0.1, 0.15) is 5.69 Å². The van der Waals surface area contributed by atoms with E-state index in [-0.39, 0.29) is 11.4 Å². The molecule has 0 radical (unpaired) electrons. The summed E-state index contributed by atoms with van der Waals surface area (Å²) in [4.78, 5) is 26.1. The molecule has 1 aliphatic rings. The molecule has 31 heavy (non-hydrogen) atoms. The maximum atomic E-state index is 13.2. The van der Waals surface area contributed by atoms with Crippen molar-refractivity contribution in [2.24, 2.45) is 0 Å². The van der Waals surface area contributed by atoms with Crippen LogP contribution in [0.2, 0.25) is 0 Å². The second kappa shape index (κ2) is 8.53. The molecule has 2 aromatic carbocycles. The van der Waals surface area contributed by atoms with E-state index in [0.717, 1.165) is 54.5 Å². The molecule has 2 aromatic heterocycles. The van der Waals surface area contributed by atoms with Crippen molar-refractivity contribution in [2.45, 2.75) is 6.54 Å². The summed E-state index contributed by atoms with van der Waals surface area (Å²) in [5.74, 6) is -0.209. The Morgan fingerprint density at radius 3 is 2.45 bits per heavy atom. The highest BCUT2D eigenvalue weighted by molar-refractivity contribution is 7.21. The van der Waals surface area contributed by atoms with E-state index in [1.807, 2.05) is 48.5 Å².